The smallest absolute Gasteiger partial charge is 0.237 e. The number of benzene rings is 1. The summed E-state index contributed by atoms with van der Waals surface area (Å²) in [5, 5.41) is 2.24. The standard InChI is InChI=1S/C12H16ClNO2/c1-10(13)12(15)14-8-5-9-16-11-6-3-2-4-7-11/h2-4,6-7,10H,5,8-9H2,1H3,(H,14,15). The lowest BCUT2D eigenvalue weighted by molar-refractivity contribution is -0.120. The lowest BCUT2D eigenvalue weighted by atomic mass is 10.3. The van der Waals surface area contributed by atoms with Gasteiger partial charge in [-0.2, -0.15) is 0 Å². The third-order valence-corrected chi connectivity index (χ3v) is 2.19. The van der Waals surface area contributed by atoms with E-state index in [2.05, 4.69) is 5.32 Å². The Morgan fingerprint density at radius 1 is 1.44 bits per heavy atom. The zero-order valence-corrected chi connectivity index (χ0v) is 10.0. The number of ether oxygens (including phenoxy) is 1. The zero-order valence-electron chi connectivity index (χ0n) is 9.28. The summed E-state index contributed by atoms with van der Waals surface area (Å²) < 4.78 is 5.46. The van der Waals surface area contributed by atoms with Crippen molar-refractivity contribution in [3.63, 3.8) is 0 Å². The second-order valence-electron chi connectivity index (χ2n) is 3.42. The maximum atomic E-state index is 11.1. The van der Waals surface area contributed by atoms with Gasteiger partial charge in [0.25, 0.3) is 0 Å². The number of hydrogen-bond donors (Lipinski definition) is 1. The van der Waals surface area contributed by atoms with Crippen LogP contribution in [0.1, 0.15) is 13.3 Å². The van der Waals surface area contributed by atoms with E-state index in [0.29, 0.717) is 13.2 Å². The van der Waals surface area contributed by atoms with Gasteiger partial charge in [-0.05, 0) is 25.5 Å². The highest BCUT2D eigenvalue weighted by atomic mass is 35.5. The van der Waals surface area contributed by atoms with E-state index < -0.39 is 5.38 Å². The van der Waals surface area contributed by atoms with Gasteiger partial charge in [-0.1, -0.05) is 18.2 Å². The summed E-state index contributed by atoms with van der Waals surface area (Å²) in [6.45, 7) is 2.82. The van der Waals surface area contributed by atoms with Crippen molar-refractivity contribution in [2.24, 2.45) is 0 Å². The number of nitrogens with one attached hydrogen (secondary N) is 1. The van der Waals surface area contributed by atoms with Gasteiger partial charge < -0.3 is 10.1 Å². The van der Waals surface area contributed by atoms with Crippen molar-refractivity contribution in [1.29, 1.82) is 0 Å². The van der Waals surface area contributed by atoms with E-state index in [4.69, 9.17) is 16.3 Å². The van der Waals surface area contributed by atoms with Crippen LogP contribution >= 0.6 is 11.6 Å². The maximum Gasteiger partial charge on any atom is 0.237 e. The topological polar surface area (TPSA) is 38.3 Å². The van der Waals surface area contributed by atoms with E-state index in [1.165, 1.54) is 0 Å². The Hall–Kier alpha value is -1.22. The summed E-state index contributed by atoms with van der Waals surface area (Å²) in [4.78, 5) is 11.1. The number of para-hydroxylation sites is 1. The molecule has 1 unspecified atom stereocenters. The molecule has 1 rings (SSSR count). The molecule has 0 heterocycles. The van der Waals surface area contributed by atoms with Crippen LogP contribution in [-0.4, -0.2) is 24.4 Å². The predicted molar refractivity (Wildman–Crippen MR) is 64.9 cm³/mol. The molecule has 1 atom stereocenters. The maximum absolute atomic E-state index is 11.1. The van der Waals surface area contributed by atoms with Crippen molar-refractivity contribution in [3.8, 4) is 5.75 Å². The number of hydrogen-bond acceptors (Lipinski definition) is 2. The molecule has 1 amide bonds. The molecule has 1 aromatic rings. The van der Waals surface area contributed by atoms with Gasteiger partial charge in [-0.3, -0.25) is 4.79 Å². The molecule has 0 fully saturated rings. The molecule has 1 N–H and O–H groups in total. The first-order valence-electron chi connectivity index (χ1n) is 5.30. The van der Waals surface area contributed by atoms with Crippen LogP contribution in [0.25, 0.3) is 0 Å². The van der Waals surface area contributed by atoms with E-state index in [0.717, 1.165) is 12.2 Å². The Morgan fingerprint density at radius 2 is 2.12 bits per heavy atom. The Balaban J connectivity index is 2.07. The monoisotopic (exact) mass is 241 g/mol. The molecule has 0 saturated carbocycles. The van der Waals surface area contributed by atoms with Gasteiger partial charge in [0.2, 0.25) is 5.91 Å². The molecule has 0 aliphatic rings. The number of carbonyl (C=O) groups is 1. The van der Waals surface area contributed by atoms with Crippen LogP contribution in [0.2, 0.25) is 0 Å². The molecule has 16 heavy (non-hydrogen) atoms. The fraction of sp³-hybridized carbons (Fsp3) is 0.417. The molecule has 3 nitrogen and oxygen atoms in total. The first-order chi connectivity index (χ1) is 7.70. The first-order valence-corrected chi connectivity index (χ1v) is 5.73. The van der Waals surface area contributed by atoms with E-state index in [1.807, 2.05) is 30.3 Å². The largest absolute Gasteiger partial charge is 0.494 e. The Morgan fingerprint density at radius 3 is 2.75 bits per heavy atom. The summed E-state index contributed by atoms with van der Waals surface area (Å²) >= 11 is 5.59. The Kier molecular flexibility index (Phi) is 5.72. The second kappa shape index (κ2) is 7.12. The van der Waals surface area contributed by atoms with Crippen LogP contribution in [0, 0.1) is 0 Å². The van der Waals surface area contributed by atoms with Gasteiger partial charge in [0.05, 0.1) is 6.61 Å². The fourth-order valence-electron chi connectivity index (χ4n) is 1.13. The molecule has 0 radical (unpaired) electrons. The number of amides is 1. The van der Waals surface area contributed by atoms with Crippen LogP contribution < -0.4 is 10.1 Å². The highest BCUT2D eigenvalue weighted by Crippen LogP contribution is 2.07. The molecule has 0 bridgehead atoms. The third-order valence-electron chi connectivity index (χ3n) is 1.99. The number of halogens is 1. The highest BCUT2D eigenvalue weighted by molar-refractivity contribution is 6.30. The molecule has 0 spiro atoms. The summed E-state index contributed by atoms with van der Waals surface area (Å²) in [6, 6.07) is 9.59. The molecule has 4 heteroatoms. The second-order valence-corrected chi connectivity index (χ2v) is 4.08. The molecule has 0 aliphatic carbocycles. The lowest BCUT2D eigenvalue weighted by Crippen LogP contribution is -2.31. The SMILES string of the molecule is CC(Cl)C(=O)NCCCOc1ccccc1. The minimum absolute atomic E-state index is 0.138. The summed E-state index contributed by atoms with van der Waals surface area (Å²) in [7, 11) is 0. The van der Waals surface area contributed by atoms with Gasteiger partial charge in [-0.15, -0.1) is 11.6 Å². The lowest BCUT2D eigenvalue weighted by Gasteiger charge is -2.07. The molecule has 0 saturated heterocycles. The van der Waals surface area contributed by atoms with Crippen LogP contribution in [0.5, 0.6) is 5.75 Å². The predicted octanol–water partition coefficient (Wildman–Crippen LogP) is 2.20. The highest BCUT2D eigenvalue weighted by Gasteiger charge is 2.06. The Bertz CT molecular complexity index is 314. The van der Waals surface area contributed by atoms with E-state index in [1.54, 1.807) is 6.92 Å². The molecule has 1 aromatic carbocycles. The van der Waals surface area contributed by atoms with E-state index >= 15 is 0 Å². The minimum Gasteiger partial charge on any atom is -0.494 e. The van der Waals surface area contributed by atoms with Crippen molar-refractivity contribution in [2.45, 2.75) is 18.7 Å². The van der Waals surface area contributed by atoms with Crippen molar-refractivity contribution in [3.05, 3.63) is 30.3 Å². The van der Waals surface area contributed by atoms with E-state index in [-0.39, 0.29) is 5.91 Å². The molecular formula is C12H16ClNO2. The molecule has 0 aromatic heterocycles. The Labute approximate surface area is 101 Å². The zero-order chi connectivity index (χ0) is 11.8. The summed E-state index contributed by atoms with van der Waals surface area (Å²) in [6.07, 6.45) is 0.768. The summed E-state index contributed by atoms with van der Waals surface area (Å²) in [5.41, 5.74) is 0. The number of alkyl halides is 1. The average Bonchev–Trinajstić information content (AvgIpc) is 2.29. The average molecular weight is 242 g/mol. The quantitative estimate of drug-likeness (QED) is 0.613. The van der Waals surface area contributed by atoms with Crippen LogP contribution in [0.3, 0.4) is 0 Å². The number of rotatable bonds is 6. The van der Waals surface area contributed by atoms with Crippen molar-refractivity contribution in [1.82, 2.24) is 5.32 Å². The molecular weight excluding hydrogens is 226 g/mol. The van der Waals surface area contributed by atoms with Crippen molar-refractivity contribution in [2.75, 3.05) is 13.2 Å². The summed E-state index contributed by atoms with van der Waals surface area (Å²) in [5.74, 6) is 0.709. The van der Waals surface area contributed by atoms with Gasteiger partial charge >= 0.3 is 0 Å². The van der Waals surface area contributed by atoms with Gasteiger partial charge in [0, 0.05) is 6.54 Å². The van der Waals surface area contributed by atoms with Gasteiger partial charge in [-0.25, -0.2) is 0 Å². The minimum atomic E-state index is -0.477. The first kappa shape index (κ1) is 12.8. The molecule has 0 aliphatic heterocycles. The van der Waals surface area contributed by atoms with E-state index in [9.17, 15) is 4.79 Å². The van der Waals surface area contributed by atoms with Gasteiger partial charge in [0.1, 0.15) is 11.1 Å². The molecule has 88 valence electrons. The van der Waals surface area contributed by atoms with Gasteiger partial charge in [0.15, 0.2) is 0 Å². The van der Waals surface area contributed by atoms with Crippen LogP contribution in [-0.2, 0) is 4.79 Å². The fourth-order valence-corrected chi connectivity index (χ4v) is 1.21. The number of carbonyl (C=O) groups excluding carboxylic acids is 1. The van der Waals surface area contributed by atoms with Crippen molar-refractivity contribution < 1.29 is 9.53 Å². The third kappa shape index (κ3) is 5.03. The van der Waals surface area contributed by atoms with Crippen LogP contribution in [0.4, 0.5) is 0 Å². The normalized spacial score (nSPS) is 11.9. The van der Waals surface area contributed by atoms with Crippen LogP contribution in [0.15, 0.2) is 30.3 Å². The van der Waals surface area contributed by atoms with Crippen molar-refractivity contribution >= 4 is 17.5 Å².